The van der Waals surface area contributed by atoms with E-state index < -0.39 is 15.9 Å². The number of aryl methyl sites for hydroxylation is 2. The lowest BCUT2D eigenvalue weighted by Gasteiger charge is -2.40. The highest BCUT2D eigenvalue weighted by atomic mass is 35.5. The van der Waals surface area contributed by atoms with Gasteiger partial charge in [0.2, 0.25) is 5.91 Å². The molecule has 2 aliphatic rings. The molecule has 2 fully saturated rings. The third kappa shape index (κ3) is 6.48. The van der Waals surface area contributed by atoms with Crippen LogP contribution < -0.4 is 9.46 Å². The molecule has 1 amide bonds. The standard InChI is InChI=1S/C26H31Cl3N2O4S/c1-16-14-25(17(2)13-23(16)28)36(33,34)30-26(32)18-3-5-19(6-4-18)31-11-9-20(10-12-31)35-21-7-8-22(27)24(29)15-21/h7-8,13-15,18-20H,3-6,9-12H2,1-2H3,(H,30,32). The van der Waals surface area contributed by atoms with Crippen LogP contribution in [0.15, 0.2) is 35.2 Å². The minimum Gasteiger partial charge on any atom is -0.490 e. The minimum atomic E-state index is -3.95. The van der Waals surface area contributed by atoms with Crippen LogP contribution in [-0.2, 0) is 14.8 Å². The average molecular weight is 574 g/mol. The van der Waals surface area contributed by atoms with Crippen molar-refractivity contribution in [3.8, 4) is 5.75 Å². The monoisotopic (exact) mass is 572 g/mol. The van der Waals surface area contributed by atoms with Gasteiger partial charge in [-0.3, -0.25) is 4.79 Å². The topological polar surface area (TPSA) is 75.7 Å². The Morgan fingerprint density at radius 3 is 2.19 bits per heavy atom. The van der Waals surface area contributed by atoms with Crippen LogP contribution in [0.5, 0.6) is 5.75 Å². The summed E-state index contributed by atoms with van der Waals surface area (Å²) in [6.07, 6.45) is 5.04. The number of nitrogens with one attached hydrogen (secondary N) is 1. The molecule has 10 heteroatoms. The number of benzene rings is 2. The number of carbonyl (C=O) groups is 1. The number of rotatable bonds is 6. The van der Waals surface area contributed by atoms with Crippen LogP contribution in [0.2, 0.25) is 15.1 Å². The molecule has 196 valence electrons. The molecule has 36 heavy (non-hydrogen) atoms. The van der Waals surface area contributed by atoms with E-state index in [9.17, 15) is 13.2 Å². The summed E-state index contributed by atoms with van der Waals surface area (Å²) in [5, 5.41) is 1.50. The number of hydrogen-bond donors (Lipinski definition) is 1. The smallest absolute Gasteiger partial charge is 0.264 e. The van der Waals surface area contributed by atoms with Crippen LogP contribution >= 0.6 is 34.8 Å². The molecule has 0 aromatic heterocycles. The zero-order valence-corrected chi connectivity index (χ0v) is 23.5. The van der Waals surface area contributed by atoms with Crippen molar-refractivity contribution in [1.29, 1.82) is 0 Å². The Morgan fingerprint density at radius 2 is 1.56 bits per heavy atom. The quantitative estimate of drug-likeness (QED) is 0.447. The Morgan fingerprint density at radius 1 is 0.889 bits per heavy atom. The third-order valence-electron chi connectivity index (χ3n) is 7.23. The normalized spacial score (nSPS) is 21.8. The number of sulfonamides is 1. The first kappa shape index (κ1) is 27.5. The molecular weight excluding hydrogens is 543 g/mol. The Hall–Kier alpha value is -1.51. The van der Waals surface area contributed by atoms with Crippen molar-refractivity contribution >= 4 is 50.7 Å². The number of carbonyl (C=O) groups excluding carboxylic acids is 1. The van der Waals surface area contributed by atoms with Crippen molar-refractivity contribution < 1.29 is 17.9 Å². The van der Waals surface area contributed by atoms with Gasteiger partial charge in [-0.15, -0.1) is 0 Å². The van der Waals surface area contributed by atoms with Crippen LogP contribution in [0.4, 0.5) is 0 Å². The summed E-state index contributed by atoms with van der Waals surface area (Å²) >= 11 is 18.2. The van der Waals surface area contributed by atoms with Crippen molar-refractivity contribution in [3.63, 3.8) is 0 Å². The van der Waals surface area contributed by atoms with E-state index in [1.165, 1.54) is 6.07 Å². The maximum Gasteiger partial charge on any atom is 0.264 e. The first-order chi connectivity index (χ1) is 17.0. The van der Waals surface area contributed by atoms with Crippen LogP contribution in [0.25, 0.3) is 0 Å². The van der Waals surface area contributed by atoms with E-state index in [-0.39, 0.29) is 16.9 Å². The molecule has 1 saturated carbocycles. The number of piperidine rings is 1. The molecule has 6 nitrogen and oxygen atoms in total. The maximum atomic E-state index is 12.9. The summed E-state index contributed by atoms with van der Waals surface area (Å²) in [5.41, 5.74) is 1.17. The predicted octanol–water partition coefficient (Wildman–Crippen LogP) is 6.17. The predicted molar refractivity (Wildman–Crippen MR) is 144 cm³/mol. The number of likely N-dealkylation sites (tertiary alicyclic amines) is 1. The highest BCUT2D eigenvalue weighted by molar-refractivity contribution is 7.90. The van der Waals surface area contributed by atoms with Crippen molar-refractivity contribution in [2.75, 3.05) is 13.1 Å². The molecule has 0 unspecified atom stereocenters. The minimum absolute atomic E-state index is 0.0948. The Balaban J connectivity index is 1.25. The fourth-order valence-electron chi connectivity index (χ4n) is 5.12. The van der Waals surface area contributed by atoms with E-state index in [2.05, 4.69) is 9.62 Å². The first-order valence-corrected chi connectivity index (χ1v) is 14.8. The molecule has 0 bridgehead atoms. The van der Waals surface area contributed by atoms with E-state index in [0.717, 1.165) is 44.5 Å². The third-order valence-corrected chi connectivity index (χ3v) is 9.87. The first-order valence-electron chi connectivity index (χ1n) is 12.2. The van der Waals surface area contributed by atoms with E-state index in [1.807, 2.05) is 6.07 Å². The van der Waals surface area contributed by atoms with Gasteiger partial charge >= 0.3 is 0 Å². The molecule has 1 heterocycles. The zero-order chi connectivity index (χ0) is 26.0. The van der Waals surface area contributed by atoms with Crippen molar-refractivity contribution in [2.24, 2.45) is 5.92 Å². The van der Waals surface area contributed by atoms with Gasteiger partial charge in [-0.25, -0.2) is 13.1 Å². The van der Waals surface area contributed by atoms with Crippen molar-refractivity contribution in [2.45, 2.75) is 69.4 Å². The molecule has 0 spiro atoms. The van der Waals surface area contributed by atoms with E-state index in [0.29, 0.717) is 45.1 Å². The van der Waals surface area contributed by atoms with Crippen LogP contribution in [0, 0.1) is 19.8 Å². The lowest BCUT2D eigenvalue weighted by atomic mass is 9.84. The van der Waals surface area contributed by atoms with E-state index >= 15 is 0 Å². The fraction of sp³-hybridized carbons (Fsp3) is 0.500. The summed E-state index contributed by atoms with van der Waals surface area (Å²) in [5.74, 6) is 0.00252. The van der Waals surface area contributed by atoms with Gasteiger partial charge in [0.1, 0.15) is 11.9 Å². The maximum absolute atomic E-state index is 12.9. The lowest BCUT2D eigenvalue weighted by molar-refractivity contribution is -0.124. The van der Waals surface area contributed by atoms with Gasteiger partial charge in [0.25, 0.3) is 10.0 Å². The molecule has 1 saturated heterocycles. The van der Waals surface area contributed by atoms with Crippen molar-refractivity contribution in [1.82, 2.24) is 9.62 Å². The largest absolute Gasteiger partial charge is 0.490 e. The Kier molecular flexibility index (Phi) is 8.78. The molecular formula is C26H31Cl3N2O4S. The highest BCUT2D eigenvalue weighted by Gasteiger charge is 2.33. The molecule has 1 aliphatic carbocycles. The lowest BCUT2D eigenvalue weighted by Crippen LogP contribution is -2.46. The van der Waals surface area contributed by atoms with Gasteiger partial charge in [-0.1, -0.05) is 34.8 Å². The van der Waals surface area contributed by atoms with Gasteiger partial charge in [0.05, 0.1) is 14.9 Å². The van der Waals surface area contributed by atoms with Gasteiger partial charge in [-0.05, 0) is 87.8 Å². The zero-order valence-electron chi connectivity index (χ0n) is 20.4. The van der Waals surface area contributed by atoms with Gasteiger partial charge in [0.15, 0.2) is 0 Å². The molecule has 1 N–H and O–H groups in total. The number of nitrogens with zero attached hydrogens (tertiary/aromatic N) is 1. The van der Waals surface area contributed by atoms with Crippen LogP contribution in [-0.4, -0.2) is 44.5 Å². The van der Waals surface area contributed by atoms with Crippen molar-refractivity contribution in [3.05, 3.63) is 56.5 Å². The van der Waals surface area contributed by atoms with Gasteiger partial charge < -0.3 is 9.64 Å². The fourth-order valence-corrected chi connectivity index (χ4v) is 6.98. The molecule has 2 aromatic carbocycles. The highest BCUT2D eigenvalue weighted by Crippen LogP contribution is 2.32. The number of ether oxygens (including phenoxy) is 1. The molecule has 0 radical (unpaired) electrons. The summed E-state index contributed by atoms with van der Waals surface area (Å²) < 4.78 is 34.1. The van der Waals surface area contributed by atoms with Crippen LogP contribution in [0.1, 0.15) is 49.7 Å². The summed E-state index contributed by atoms with van der Waals surface area (Å²) in [6, 6.07) is 8.85. The number of hydrogen-bond acceptors (Lipinski definition) is 5. The summed E-state index contributed by atoms with van der Waals surface area (Å²) in [4.78, 5) is 15.4. The Bertz CT molecular complexity index is 1220. The number of halogens is 3. The second-order valence-corrected chi connectivity index (χ2v) is 12.6. The second kappa shape index (κ2) is 11.5. The SMILES string of the molecule is Cc1cc(S(=O)(=O)NC(=O)C2CCC(N3CCC(Oc4ccc(Cl)c(Cl)c4)CC3)CC2)c(C)cc1Cl. The molecule has 2 aromatic rings. The van der Waals surface area contributed by atoms with E-state index in [1.54, 1.807) is 32.0 Å². The average Bonchev–Trinajstić information content (AvgIpc) is 2.84. The molecule has 4 rings (SSSR count). The Labute approximate surface area is 228 Å². The number of amides is 1. The molecule has 0 atom stereocenters. The van der Waals surface area contributed by atoms with Gasteiger partial charge in [-0.2, -0.15) is 0 Å². The summed E-state index contributed by atoms with van der Waals surface area (Å²) in [6.45, 7) is 5.27. The second-order valence-electron chi connectivity index (χ2n) is 9.77. The molecule has 1 aliphatic heterocycles. The van der Waals surface area contributed by atoms with Crippen LogP contribution in [0.3, 0.4) is 0 Å². The van der Waals surface area contributed by atoms with Gasteiger partial charge in [0, 0.05) is 36.1 Å². The van der Waals surface area contributed by atoms with E-state index in [4.69, 9.17) is 39.5 Å². The summed E-state index contributed by atoms with van der Waals surface area (Å²) in [7, 11) is -3.95.